The van der Waals surface area contributed by atoms with E-state index in [1.54, 1.807) is 6.92 Å². The Balaban J connectivity index is 2.16. The summed E-state index contributed by atoms with van der Waals surface area (Å²) in [5, 5.41) is 2.88. The first-order valence-electron chi connectivity index (χ1n) is 5.31. The molecule has 0 aromatic heterocycles. The second-order valence-corrected chi connectivity index (χ2v) is 4.28. The molecule has 1 aliphatic heterocycles. The van der Waals surface area contributed by atoms with E-state index < -0.39 is 0 Å². The molecule has 3 N–H and O–H groups in total. The first-order chi connectivity index (χ1) is 6.59. The second kappa shape index (κ2) is 5.32. The van der Waals surface area contributed by atoms with Crippen molar-refractivity contribution in [3.63, 3.8) is 0 Å². The largest absolute Gasteiger partial charge is 0.354 e. The lowest BCUT2D eigenvalue weighted by molar-refractivity contribution is -0.122. The molecule has 1 fully saturated rings. The summed E-state index contributed by atoms with van der Waals surface area (Å²) in [5.41, 5.74) is 5.45. The van der Waals surface area contributed by atoms with E-state index in [1.165, 1.54) is 12.8 Å². The van der Waals surface area contributed by atoms with Gasteiger partial charge in [0, 0.05) is 6.54 Å². The van der Waals surface area contributed by atoms with Gasteiger partial charge in [-0.05, 0) is 45.8 Å². The van der Waals surface area contributed by atoms with Gasteiger partial charge in [-0.3, -0.25) is 4.79 Å². The Morgan fingerprint density at radius 3 is 2.64 bits per heavy atom. The maximum Gasteiger partial charge on any atom is 0.236 e. The average Bonchev–Trinajstić information content (AvgIpc) is 2.16. The number of rotatable bonds is 3. The quantitative estimate of drug-likeness (QED) is 0.661. The van der Waals surface area contributed by atoms with Crippen LogP contribution in [0.4, 0.5) is 0 Å². The van der Waals surface area contributed by atoms with E-state index in [-0.39, 0.29) is 11.9 Å². The molecule has 0 unspecified atom stereocenters. The van der Waals surface area contributed by atoms with Gasteiger partial charge >= 0.3 is 0 Å². The third-order valence-corrected chi connectivity index (χ3v) is 2.82. The highest BCUT2D eigenvalue weighted by molar-refractivity contribution is 5.80. The predicted octanol–water partition coefficient (Wildman–Crippen LogP) is -0.208. The molecule has 82 valence electrons. The highest BCUT2D eigenvalue weighted by atomic mass is 16.2. The smallest absolute Gasteiger partial charge is 0.236 e. The fourth-order valence-corrected chi connectivity index (χ4v) is 1.67. The van der Waals surface area contributed by atoms with E-state index in [0.717, 1.165) is 19.6 Å². The molecule has 4 heteroatoms. The van der Waals surface area contributed by atoms with Crippen LogP contribution in [0.5, 0.6) is 0 Å². The van der Waals surface area contributed by atoms with Crippen molar-refractivity contribution in [1.29, 1.82) is 0 Å². The average molecular weight is 199 g/mol. The fraction of sp³-hybridized carbons (Fsp3) is 0.900. The lowest BCUT2D eigenvalue weighted by Crippen LogP contribution is -2.42. The Hall–Kier alpha value is -0.610. The molecule has 1 amide bonds. The zero-order valence-corrected chi connectivity index (χ0v) is 9.12. The van der Waals surface area contributed by atoms with E-state index in [1.807, 2.05) is 0 Å². The molecule has 0 radical (unpaired) electrons. The minimum absolute atomic E-state index is 0.0380. The fourth-order valence-electron chi connectivity index (χ4n) is 1.67. The SMILES string of the molecule is C[C@@H](N)C(=O)NCC1CCN(C)CC1. The van der Waals surface area contributed by atoms with E-state index in [0.29, 0.717) is 5.92 Å². The van der Waals surface area contributed by atoms with Crippen molar-refractivity contribution in [3.8, 4) is 0 Å². The summed E-state index contributed by atoms with van der Waals surface area (Å²) in [5.74, 6) is 0.595. The van der Waals surface area contributed by atoms with Gasteiger partial charge in [0.1, 0.15) is 0 Å². The van der Waals surface area contributed by atoms with Crippen molar-refractivity contribution in [2.24, 2.45) is 11.7 Å². The van der Waals surface area contributed by atoms with Gasteiger partial charge in [0.15, 0.2) is 0 Å². The Kier molecular flexibility index (Phi) is 4.35. The summed E-state index contributed by atoms with van der Waals surface area (Å²) in [6.07, 6.45) is 2.35. The van der Waals surface area contributed by atoms with Gasteiger partial charge in [0.2, 0.25) is 5.91 Å². The van der Waals surface area contributed by atoms with E-state index in [9.17, 15) is 4.79 Å². The summed E-state index contributed by atoms with van der Waals surface area (Å²) in [7, 11) is 2.14. The number of nitrogens with zero attached hydrogens (tertiary/aromatic N) is 1. The van der Waals surface area contributed by atoms with Crippen LogP contribution in [0.3, 0.4) is 0 Å². The second-order valence-electron chi connectivity index (χ2n) is 4.28. The summed E-state index contributed by atoms with van der Waals surface area (Å²) in [6.45, 7) is 4.77. The molecule has 1 rings (SSSR count). The Morgan fingerprint density at radius 1 is 1.57 bits per heavy atom. The Morgan fingerprint density at radius 2 is 2.14 bits per heavy atom. The molecule has 1 aliphatic rings. The van der Waals surface area contributed by atoms with Crippen LogP contribution in [0, 0.1) is 5.92 Å². The van der Waals surface area contributed by atoms with Crippen LogP contribution in [0.1, 0.15) is 19.8 Å². The molecule has 1 atom stereocenters. The van der Waals surface area contributed by atoms with E-state index in [2.05, 4.69) is 17.3 Å². The topological polar surface area (TPSA) is 58.4 Å². The number of piperidine rings is 1. The molecular weight excluding hydrogens is 178 g/mol. The highest BCUT2D eigenvalue weighted by Gasteiger charge is 2.17. The van der Waals surface area contributed by atoms with Crippen molar-refractivity contribution in [1.82, 2.24) is 10.2 Å². The number of hydrogen-bond donors (Lipinski definition) is 2. The molecular formula is C10H21N3O. The third-order valence-electron chi connectivity index (χ3n) is 2.82. The molecule has 0 bridgehead atoms. The maximum atomic E-state index is 11.2. The van der Waals surface area contributed by atoms with Gasteiger partial charge in [-0.15, -0.1) is 0 Å². The summed E-state index contributed by atoms with van der Waals surface area (Å²) >= 11 is 0. The lowest BCUT2D eigenvalue weighted by atomic mass is 9.97. The number of amides is 1. The molecule has 0 aromatic rings. The molecule has 14 heavy (non-hydrogen) atoms. The van der Waals surface area contributed by atoms with Crippen molar-refractivity contribution in [2.45, 2.75) is 25.8 Å². The van der Waals surface area contributed by atoms with Crippen molar-refractivity contribution < 1.29 is 4.79 Å². The third kappa shape index (κ3) is 3.64. The van der Waals surface area contributed by atoms with Gasteiger partial charge in [0.25, 0.3) is 0 Å². The molecule has 0 spiro atoms. The number of carbonyl (C=O) groups is 1. The summed E-state index contributed by atoms with van der Waals surface area (Å²) in [6, 6.07) is -0.388. The predicted molar refractivity (Wildman–Crippen MR) is 56.9 cm³/mol. The van der Waals surface area contributed by atoms with Gasteiger partial charge in [-0.25, -0.2) is 0 Å². The Labute approximate surface area is 85.8 Å². The standard InChI is InChI=1S/C10H21N3O/c1-8(11)10(14)12-7-9-3-5-13(2)6-4-9/h8-9H,3-7,11H2,1-2H3,(H,12,14)/t8-/m1/s1. The number of nitrogens with two attached hydrogens (primary N) is 1. The van der Waals surface area contributed by atoms with Crippen LogP contribution in [-0.4, -0.2) is 43.5 Å². The molecule has 0 saturated carbocycles. The Bertz CT molecular complexity index is 186. The van der Waals surface area contributed by atoms with Gasteiger partial charge < -0.3 is 16.0 Å². The minimum atomic E-state index is -0.388. The van der Waals surface area contributed by atoms with Crippen molar-refractivity contribution >= 4 is 5.91 Å². The zero-order chi connectivity index (χ0) is 10.6. The first-order valence-corrected chi connectivity index (χ1v) is 5.31. The minimum Gasteiger partial charge on any atom is -0.354 e. The molecule has 1 heterocycles. The van der Waals surface area contributed by atoms with Crippen LogP contribution in [-0.2, 0) is 4.79 Å². The van der Waals surface area contributed by atoms with Crippen LogP contribution in [0.2, 0.25) is 0 Å². The van der Waals surface area contributed by atoms with Gasteiger partial charge in [-0.2, -0.15) is 0 Å². The molecule has 1 saturated heterocycles. The summed E-state index contributed by atoms with van der Waals surface area (Å²) in [4.78, 5) is 13.5. The van der Waals surface area contributed by atoms with E-state index in [4.69, 9.17) is 5.73 Å². The monoisotopic (exact) mass is 199 g/mol. The normalized spacial score (nSPS) is 21.9. The highest BCUT2D eigenvalue weighted by Crippen LogP contribution is 2.14. The van der Waals surface area contributed by atoms with Crippen molar-refractivity contribution in [2.75, 3.05) is 26.7 Å². The van der Waals surface area contributed by atoms with Crippen LogP contribution in [0.25, 0.3) is 0 Å². The van der Waals surface area contributed by atoms with Gasteiger partial charge in [0.05, 0.1) is 6.04 Å². The summed E-state index contributed by atoms with van der Waals surface area (Å²) < 4.78 is 0. The van der Waals surface area contributed by atoms with Crippen molar-refractivity contribution in [3.05, 3.63) is 0 Å². The number of nitrogens with one attached hydrogen (secondary N) is 1. The molecule has 0 aliphatic carbocycles. The van der Waals surface area contributed by atoms with Crippen LogP contribution < -0.4 is 11.1 Å². The molecule has 0 aromatic carbocycles. The first kappa shape index (κ1) is 11.5. The lowest BCUT2D eigenvalue weighted by Gasteiger charge is -2.29. The van der Waals surface area contributed by atoms with Crippen LogP contribution >= 0.6 is 0 Å². The van der Waals surface area contributed by atoms with E-state index >= 15 is 0 Å². The maximum absolute atomic E-state index is 11.2. The zero-order valence-electron chi connectivity index (χ0n) is 9.12. The number of carbonyl (C=O) groups excluding carboxylic acids is 1. The van der Waals surface area contributed by atoms with Crippen LogP contribution in [0.15, 0.2) is 0 Å². The molecule has 4 nitrogen and oxygen atoms in total. The number of likely N-dealkylation sites (tertiary alicyclic amines) is 1. The number of hydrogen-bond acceptors (Lipinski definition) is 3. The van der Waals surface area contributed by atoms with Gasteiger partial charge in [-0.1, -0.05) is 0 Å².